The molecule has 1 fully saturated rings. The van der Waals surface area contributed by atoms with Gasteiger partial charge in [0.15, 0.2) is 5.82 Å². The molecule has 0 bridgehead atoms. The molecule has 0 spiro atoms. The summed E-state index contributed by atoms with van der Waals surface area (Å²) in [4.78, 5) is 7.59. The van der Waals surface area contributed by atoms with E-state index in [4.69, 9.17) is 0 Å². The van der Waals surface area contributed by atoms with Crippen LogP contribution in [-0.2, 0) is 12.6 Å². The summed E-state index contributed by atoms with van der Waals surface area (Å²) in [7, 11) is 0. The zero-order valence-electron chi connectivity index (χ0n) is 15.7. The van der Waals surface area contributed by atoms with E-state index in [9.17, 15) is 23.4 Å². The van der Waals surface area contributed by atoms with Crippen LogP contribution in [0.25, 0.3) is 4.96 Å². The fourth-order valence-corrected chi connectivity index (χ4v) is 4.78. The van der Waals surface area contributed by atoms with Crippen molar-refractivity contribution in [1.29, 1.82) is 0 Å². The average molecular weight is 426 g/mol. The lowest BCUT2D eigenvalue weighted by atomic mass is 9.98. The van der Waals surface area contributed by atoms with Gasteiger partial charge in [0.2, 0.25) is 10.8 Å². The number of aryl methyl sites for hydroxylation is 1. The molecule has 1 atom stereocenters. The Kier molecular flexibility index (Phi) is 5.26. The standard InChI is InChI=1S/C19H21F3N4O2S/c1-2-14-23-18-26(24-14)17(28)16(29-18)15(25-9-7-13(27)8-10-25)11-3-5-12(6-4-11)19(20,21)22/h3-6,13,15,27-28H,2,7-10H2,1H3. The number of hydrogen-bond donors (Lipinski definition) is 2. The van der Waals surface area contributed by atoms with E-state index < -0.39 is 17.8 Å². The van der Waals surface area contributed by atoms with Gasteiger partial charge >= 0.3 is 6.18 Å². The molecule has 29 heavy (non-hydrogen) atoms. The zero-order valence-corrected chi connectivity index (χ0v) is 16.5. The molecule has 0 amide bonds. The van der Waals surface area contributed by atoms with Crippen molar-refractivity contribution in [2.75, 3.05) is 13.1 Å². The fourth-order valence-electron chi connectivity index (χ4n) is 3.65. The maximum absolute atomic E-state index is 13.0. The molecule has 1 aliphatic rings. The third kappa shape index (κ3) is 3.84. The predicted octanol–water partition coefficient (Wildman–Crippen LogP) is 3.62. The van der Waals surface area contributed by atoms with Crippen molar-refractivity contribution in [1.82, 2.24) is 19.5 Å². The minimum Gasteiger partial charge on any atom is -0.492 e. The van der Waals surface area contributed by atoms with Crippen LogP contribution in [0.2, 0.25) is 0 Å². The Labute approximate surface area is 169 Å². The van der Waals surface area contributed by atoms with Gasteiger partial charge in [0.25, 0.3) is 0 Å². The fraction of sp³-hybridized carbons (Fsp3) is 0.474. The largest absolute Gasteiger partial charge is 0.492 e. The Morgan fingerprint density at radius 2 is 1.86 bits per heavy atom. The molecule has 3 aromatic rings. The molecular formula is C19H21F3N4O2S. The van der Waals surface area contributed by atoms with Gasteiger partial charge in [0.05, 0.1) is 22.6 Å². The van der Waals surface area contributed by atoms with Crippen LogP contribution in [0.3, 0.4) is 0 Å². The van der Waals surface area contributed by atoms with Crippen molar-refractivity contribution in [2.45, 2.75) is 44.5 Å². The number of likely N-dealkylation sites (tertiary alicyclic amines) is 1. The van der Waals surface area contributed by atoms with Crippen molar-refractivity contribution >= 4 is 16.3 Å². The first-order valence-corrected chi connectivity index (χ1v) is 10.3. The highest BCUT2D eigenvalue weighted by atomic mass is 32.1. The van der Waals surface area contributed by atoms with Crippen molar-refractivity contribution in [3.05, 3.63) is 46.1 Å². The number of aliphatic hydroxyl groups excluding tert-OH is 1. The van der Waals surface area contributed by atoms with E-state index >= 15 is 0 Å². The highest BCUT2D eigenvalue weighted by Crippen LogP contribution is 2.41. The van der Waals surface area contributed by atoms with Crippen molar-refractivity contribution in [3.63, 3.8) is 0 Å². The molecule has 1 aromatic carbocycles. The Hall–Kier alpha value is -2.17. The first kappa shape index (κ1) is 20.1. The van der Waals surface area contributed by atoms with Crippen LogP contribution in [0, 0.1) is 0 Å². The van der Waals surface area contributed by atoms with Crippen molar-refractivity contribution < 1.29 is 23.4 Å². The first-order valence-electron chi connectivity index (χ1n) is 9.44. The lowest BCUT2D eigenvalue weighted by molar-refractivity contribution is -0.137. The van der Waals surface area contributed by atoms with Crippen LogP contribution in [0.5, 0.6) is 5.88 Å². The van der Waals surface area contributed by atoms with Crippen LogP contribution >= 0.6 is 11.3 Å². The Morgan fingerprint density at radius 3 is 2.41 bits per heavy atom. The van der Waals surface area contributed by atoms with E-state index in [2.05, 4.69) is 15.0 Å². The van der Waals surface area contributed by atoms with E-state index in [1.807, 2.05) is 6.92 Å². The smallest absolute Gasteiger partial charge is 0.416 e. The van der Waals surface area contributed by atoms with Crippen molar-refractivity contribution in [2.24, 2.45) is 0 Å². The molecule has 6 nitrogen and oxygen atoms in total. The molecule has 0 radical (unpaired) electrons. The SMILES string of the molecule is CCc1nc2sc(C(c3ccc(C(F)(F)F)cc3)N3CCC(O)CC3)c(O)n2n1. The van der Waals surface area contributed by atoms with Gasteiger partial charge in [-0.3, -0.25) is 4.90 Å². The number of nitrogens with zero attached hydrogens (tertiary/aromatic N) is 4. The van der Waals surface area contributed by atoms with Gasteiger partial charge in [0.1, 0.15) is 0 Å². The van der Waals surface area contributed by atoms with Gasteiger partial charge in [-0.1, -0.05) is 30.4 Å². The van der Waals surface area contributed by atoms with Crippen molar-refractivity contribution in [3.8, 4) is 5.88 Å². The Balaban J connectivity index is 1.76. The molecule has 0 saturated carbocycles. The number of piperidine rings is 1. The van der Waals surface area contributed by atoms with Crippen LogP contribution in [0.15, 0.2) is 24.3 Å². The quantitative estimate of drug-likeness (QED) is 0.667. The molecular weight excluding hydrogens is 405 g/mol. The second kappa shape index (κ2) is 7.58. The minimum absolute atomic E-state index is 0.0479. The van der Waals surface area contributed by atoms with Gasteiger partial charge in [-0.25, -0.2) is 4.98 Å². The monoisotopic (exact) mass is 426 g/mol. The molecule has 156 valence electrons. The molecule has 1 aliphatic heterocycles. The number of rotatable bonds is 4. The topological polar surface area (TPSA) is 73.9 Å². The van der Waals surface area contributed by atoms with Gasteiger partial charge in [0, 0.05) is 19.5 Å². The number of aromatic nitrogens is 3. The summed E-state index contributed by atoms with van der Waals surface area (Å²) >= 11 is 1.28. The minimum atomic E-state index is -4.41. The molecule has 1 unspecified atom stereocenters. The second-order valence-corrected chi connectivity index (χ2v) is 8.16. The molecule has 1 saturated heterocycles. The Morgan fingerprint density at radius 1 is 1.21 bits per heavy atom. The predicted molar refractivity (Wildman–Crippen MR) is 102 cm³/mol. The summed E-state index contributed by atoms with van der Waals surface area (Å²) in [6.07, 6.45) is -3.02. The summed E-state index contributed by atoms with van der Waals surface area (Å²) in [6, 6.07) is 4.58. The molecule has 2 aromatic heterocycles. The summed E-state index contributed by atoms with van der Waals surface area (Å²) in [5.74, 6) is 0.568. The van der Waals surface area contributed by atoms with E-state index in [0.29, 0.717) is 53.6 Å². The summed E-state index contributed by atoms with van der Waals surface area (Å²) < 4.78 is 40.3. The molecule has 10 heteroatoms. The number of halogens is 3. The van der Waals surface area contributed by atoms with Gasteiger partial charge in [-0.2, -0.15) is 17.7 Å². The number of aromatic hydroxyl groups is 1. The third-order valence-corrected chi connectivity index (χ3v) is 6.30. The van der Waals surface area contributed by atoms with Crippen LogP contribution < -0.4 is 0 Å². The summed E-state index contributed by atoms with van der Waals surface area (Å²) in [6.45, 7) is 3.06. The maximum atomic E-state index is 13.0. The van der Waals surface area contributed by atoms with E-state index in [0.717, 1.165) is 12.1 Å². The molecule has 2 N–H and O–H groups in total. The number of alkyl halides is 3. The van der Waals surface area contributed by atoms with E-state index in [1.54, 1.807) is 0 Å². The van der Waals surface area contributed by atoms with Crippen LogP contribution in [0.4, 0.5) is 13.2 Å². The molecule has 3 heterocycles. The average Bonchev–Trinajstić information content (AvgIpc) is 3.23. The lowest BCUT2D eigenvalue weighted by Gasteiger charge is -2.36. The molecule has 4 rings (SSSR count). The van der Waals surface area contributed by atoms with Crippen LogP contribution in [-0.4, -0.2) is 48.9 Å². The van der Waals surface area contributed by atoms with Crippen LogP contribution in [0.1, 0.15) is 47.6 Å². The van der Waals surface area contributed by atoms with Gasteiger partial charge in [-0.05, 0) is 30.5 Å². The number of fused-ring (bicyclic) bond motifs is 1. The summed E-state index contributed by atoms with van der Waals surface area (Å²) in [5.41, 5.74) is -0.0709. The maximum Gasteiger partial charge on any atom is 0.416 e. The van der Waals surface area contributed by atoms with Gasteiger partial charge in [-0.15, -0.1) is 5.10 Å². The van der Waals surface area contributed by atoms with E-state index in [-0.39, 0.29) is 12.0 Å². The van der Waals surface area contributed by atoms with E-state index in [1.165, 1.54) is 28.0 Å². The highest BCUT2D eigenvalue weighted by molar-refractivity contribution is 7.17. The summed E-state index contributed by atoms with van der Waals surface area (Å²) in [5, 5.41) is 24.9. The number of thiazole rings is 1. The Bertz CT molecular complexity index is 991. The van der Waals surface area contributed by atoms with Gasteiger partial charge < -0.3 is 10.2 Å². The number of aliphatic hydroxyl groups is 1. The highest BCUT2D eigenvalue weighted by Gasteiger charge is 2.34. The number of benzene rings is 1. The normalized spacial score (nSPS) is 17.8. The first-order chi connectivity index (χ1) is 13.8. The number of hydrogen-bond acceptors (Lipinski definition) is 6. The second-order valence-electron chi connectivity index (χ2n) is 7.16. The molecule has 0 aliphatic carbocycles. The zero-order chi connectivity index (χ0) is 20.8. The third-order valence-electron chi connectivity index (χ3n) is 5.23. The lowest BCUT2D eigenvalue weighted by Crippen LogP contribution is -2.38.